The lowest BCUT2D eigenvalue weighted by Gasteiger charge is -2.28. The van der Waals surface area contributed by atoms with E-state index in [1.54, 1.807) is 14.0 Å². The average molecular weight is 239 g/mol. The molecule has 0 aliphatic carbocycles. The predicted molar refractivity (Wildman–Crippen MR) is 60.2 cm³/mol. The lowest BCUT2D eigenvalue weighted by molar-refractivity contribution is -0.141. The summed E-state index contributed by atoms with van der Waals surface area (Å²) in [5.41, 5.74) is 0. The van der Waals surface area contributed by atoms with Gasteiger partial charge in [-0.2, -0.15) is 5.26 Å². The van der Waals surface area contributed by atoms with E-state index >= 15 is 0 Å². The summed E-state index contributed by atoms with van der Waals surface area (Å²) >= 11 is 0. The molecule has 6 heteroatoms. The highest BCUT2D eigenvalue weighted by molar-refractivity contribution is 5.83. The summed E-state index contributed by atoms with van der Waals surface area (Å²) in [6.45, 7) is 2.52. The first-order chi connectivity index (χ1) is 7.97. The molecule has 0 radical (unpaired) electrons. The molecule has 1 heterocycles. The molecule has 17 heavy (non-hydrogen) atoms. The first-order valence-electron chi connectivity index (χ1n) is 5.61. The van der Waals surface area contributed by atoms with Gasteiger partial charge < -0.3 is 14.9 Å². The number of carbonyl (C=O) groups is 2. The zero-order valence-corrected chi connectivity index (χ0v) is 10.1. The van der Waals surface area contributed by atoms with Gasteiger partial charge in [-0.25, -0.2) is 9.59 Å². The summed E-state index contributed by atoms with van der Waals surface area (Å²) in [5, 5.41) is 17.7. The van der Waals surface area contributed by atoms with Crippen molar-refractivity contribution >= 4 is 12.0 Å². The highest BCUT2D eigenvalue weighted by Crippen LogP contribution is 2.19. The first kappa shape index (κ1) is 13.3. The van der Waals surface area contributed by atoms with Gasteiger partial charge in [-0.05, 0) is 19.8 Å². The van der Waals surface area contributed by atoms with Crippen molar-refractivity contribution in [1.82, 2.24) is 9.80 Å². The average Bonchev–Trinajstić information content (AvgIpc) is 2.76. The lowest BCUT2D eigenvalue weighted by Crippen LogP contribution is -2.47. The molecule has 2 atom stereocenters. The fourth-order valence-corrected chi connectivity index (χ4v) is 2.00. The van der Waals surface area contributed by atoms with E-state index in [0.29, 0.717) is 25.9 Å². The molecular weight excluding hydrogens is 222 g/mol. The summed E-state index contributed by atoms with van der Waals surface area (Å²) < 4.78 is 0. The van der Waals surface area contributed by atoms with Crippen LogP contribution in [0.15, 0.2) is 0 Å². The maximum Gasteiger partial charge on any atom is 0.326 e. The number of nitrogens with zero attached hydrogens (tertiary/aromatic N) is 3. The van der Waals surface area contributed by atoms with Gasteiger partial charge in [-0.3, -0.25) is 0 Å². The van der Waals surface area contributed by atoms with Gasteiger partial charge in [-0.15, -0.1) is 0 Å². The molecule has 1 aliphatic rings. The number of carboxylic acid groups (broad SMARTS) is 1. The summed E-state index contributed by atoms with van der Waals surface area (Å²) in [5.74, 6) is -1.22. The Morgan fingerprint density at radius 3 is 2.82 bits per heavy atom. The largest absolute Gasteiger partial charge is 0.480 e. The van der Waals surface area contributed by atoms with Crippen LogP contribution in [0.25, 0.3) is 0 Å². The molecule has 6 nitrogen and oxygen atoms in total. The Morgan fingerprint density at radius 2 is 2.29 bits per heavy atom. The molecule has 1 saturated heterocycles. The molecule has 0 bridgehead atoms. The number of hydrogen-bond donors (Lipinski definition) is 1. The standard InChI is InChI=1S/C11H17N3O3/c1-8(6-12)7-13(2)11(17)14-5-3-4-9(14)10(15)16/h8-9H,3-5,7H2,1-2H3,(H,15,16)/t8?,9-/m0/s1. The molecule has 0 saturated carbocycles. The van der Waals surface area contributed by atoms with Crippen LogP contribution < -0.4 is 0 Å². The van der Waals surface area contributed by atoms with Gasteiger partial charge >= 0.3 is 12.0 Å². The molecule has 94 valence electrons. The maximum atomic E-state index is 12.0. The van der Waals surface area contributed by atoms with Crippen molar-refractivity contribution in [2.45, 2.75) is 25.8 Å². The van der Waals surface area contributed by atoms with Crippen molar-refractivity contribution in [1.29, 1.82) is 5.26 Å². The van der Waals surface area contributed by atoms with Crippen LogP contribution in [0, 0.1) is 17.2 Å². The van der Waals surface area contributed by atoms with Gasteiger partial charge in [0.2, 0.25) is 0 Å². The number of hydrogen-bond acceptors (Lipinski definition) is 3. The molecule has 0 aromatic heterocycles. The third kappa shape index (κ3) is 3.09. The molecule has 1 unspecified atom stereocenters. The molecule has 2 amide bonds. The fourth-order valence-electron chi connectivity index (χ4n) is 2.00. The van der Waals surface area contributed by atoms with E-state index in [2.05, 4.69) is 0 Å². The van der Waals surface area contributed by atoms with E-state index in [1.165, 1.54) is 9.80 Å². The van der Waals surface area contributed by atoms with Crippen molar-refractivity contribution in [3.8, 4) is 6.07 Å². The fraction of sp³-hybridized carbons (Fsp3) is 0.727. The molecular formula is C11H17N3O3. The Balaban J connectivity index is 2.63. The number of carboxylic acids is 1. The minimum absolute atomic E-state index is 0.255. The summed E-state index contributed by atoms with van der Waals surface area (Å²) in [6.07, 6.45) is 1.22. The quantitative estimate of drug-likeness (QED) is 0.787. The van der Waals surface area contributed by atoms with Crippen LogP contribution in [0.4, 0.5) is 4.79 Å². The van der Waals surface area contributed by atoms with Gasteiger partial charge in [0.25, 0.3) is 0 Å². The van der Waals surface area contributed by atoms with Crippen LogP contribution in [0.5, 0.6) is 0 Å². The zero-order chi connectivity index (χ0) is 13.0. The molecule has 1 N–H and O–H groups in total. The minimum Gasteiger partial charge on any atom is -0.480 e. The topological polar surface area (TPSA) is 84.6 Å². The smallest absolute Gasteiger partial charge is 0.326 e. The molecule has 1 aliphatic heterocycles. The Bertz CT molecular complexity index is 350. The lowest BCUT2D eigenvalue weighted by atomic mass is 10.2. The van der Waals surface area contributed by atoms with Crippen LogP contribution in [-0.2, 0) is 4.79 Å². The molecule has 0 aromatic carbocycles. The zero-order valence-electron chi connectivity index (χ0n) is 10.1. The van der Waals surface area contributed by atoms with E-state index in [0.717, 1.165) is 0 Å². The second kappa shape index (κ2) is 5.53. The molecule has 0 spiro atoms. The molecule has 0 aromatic rings. The van der Waals surface area contributed by atoms with E-state index < -0.39 is 12.0 Å². The van der Waals surface area contributed by atoms with E-state index in [9.17, 15) is 9.59 Å². The maximum absolute atomic E-state index is 12.0. The van der Waals surface area contributed by atoms with Crippen LogP contribution in [0.2, 0.25) is 0 Å². The van der Waals surface area contributed by atoms with E-state index in [4.69, 9.17) is 10.4 Å². The van der Waals surface area contributed by atoms with Crippen LogP contribution in [-0.4, -0.2) is 53.1 Å². The van der Waals surface area contributed by atoms with Crippen molar-refractivity contribution in [3.05, 3.63) is 0 Å². The Morgan fingerprint density at radius 1 is 1.65 bits per heavy atom. The number of likely N-dealkylation sites (tertiary alicyclic amines) is 1. The van der Waals surface area contributed by atoms with Gasteiger partial charge in [-0.1, -0.05) is 0 Å². The molecule has 1 fully saturated rings. The number of urea groups is 1. The third-order valence-electron chi connectivity index (χ3n) is 2.88. The molecule has 1 rings (SSSR count). The second-order valence-electron chi connectivity index (χ2n) is 4.38. The highest BCUT2D eigenvalue weighted by atomic mass is 16.4. The van der Waals surface area contributed by atoms with Crippen molar-refractivity contribution in [2.75, 3.05) is 20.1 Å². The SMILES string of the molecule is CC(C#N)CN(C)C(=O)N1CCC[C@H]1C(=O)O. The Hall–Kier alpha value is -1.77. The van der Waals surface area contributed by atoms with Gasteiger partial charge in [0, 0.05) is 20.1 Å². The minimum atomic E-state index is -0.961. The van der Waals surface area contributed by atoms with Crippen LogP contribution >= 0.6 is 0 Å². The van der Waals surface area contributed by atoms with Crippen LogP contribution in [0.3, 0.4) is 0 Å². The van der Waals surface area contributed by atoms with Gasteiger partial charge in [0.1, 0.15) is 6.04 Å². The number of amides is 2. The van der Waals surface area contributed by atoms with Crippen LogP contribution in [0.1, 0.15) is 19.8 Å². The van der Waals surface area contributed by atoms with Crippen molar-refractivity contribution < 1.29 is 14.7 Å². The number of aliphatic carboxylic acids is 1. The predicted octanol–water partition coefficient (Wildman–Crippen LogP) is 0.747. The number of nitriles is 1. The van der Waals surface area contributed by atoms with Crippen molar-refractivity contribution in [3.63, 3.8) is 0 Å². The van der Waals surface area contributed by atoms with Gasteiger partial charge in [0.15, 0.2) is 0 Å². The number of rotatable bonds is 3. The summed E-state index contributed by atoms with van der Waals surface area (Å²) in [4.78, 5) is 25.7. The second-order valence-corrected chi connectivity index (χ2v) is 4.38. The van der Waals surface area contributed by atoms with Crippen molar-refractivity contribution in [2.24, 2.45) is 5.92 Å². The van der Waals surface area contributed by atoms with E-state index in [1.807, 2.05) is 6.07 Å². The Kier molecular flexibility index (Phi) is 4.32. The summed E-state index contributed by atoms with van der Waals surface area (Å²) in [6, 6.07) is 1.02. The number of carbonyl (C=O) groups excluding carboxylic acids is 1. The Labute approximate surface area is 100 Å². The van der Waals surface area contributed by atoms with Gasteiger partial charge in [0.05, 0.1) is 12.0 Å². The third-order valence-corrected chi connectivity index (χ3v) is 2.88. The first-order valence-corrected chi connectivity index (χ1v) is 5.61. The highest BCUT2D eigenvalue weighted by Gasteiger charge is 2.35. The summed E-state index contributed by atoms with van der Waals surface area (Å²) in [7, 11) is 1.59. The van der Waals surface area contributed by atoms with E-state index in [-0.39, 0.29) is 11.9 Å². The monoisotopic (exact) mass is 239 g/mol. The normalized spacial score (nSPS) is 20.8.